The zero-order valence-electron chi connectivity index (χ0n) is 10.8. The molecular formula is C11H20N6O. The summed E-state index contributed by atoms with van der Waals surface area (Å²) in [6.45, 7) is 3.45. The van der Waals surface area contributed by atoms with Crippen molar-refractivity contribution in [1.82, 2.24) is 25.6 Å². The quantitative estimate of drug-likeness (QED) is 0.585. The van der Waals surface area contributed by atoms with Crippen molar-refractivity contribution in [2.24, 2.45) is 5.73 Å². The Morgan fingerprint density at radius 3 is 3.00 bits per heavy atom. The van der Waals surface area contributed by atoms with Gasteiger partial charge in [0.2, 0.25) is 0 Å². The molecule has 0 aliphatic carbocycles. The summed E-state index contributed by atoms with van der Waals surface area (Å²) in [6, 6.07) is 0. The molecule has 0 unspecified atom stereocenters. The Kier molecular flexibility index (Phi) is 5.69. The number of allylic oxidation sites excluding steroid dienone is 1. The summed E-state index contributed by atoms with van der Waals surface area (Å²) in [7, 11) is 1.57. The third-order valence-corrected chi connectivity index (χ3v) is 2.29. The third-order valence-electron chi connectivity index (χ3n) is 2.29. The fourth-order valence-electron chi connectivity index (χ4n) is 1.37. The van der Waals surface area contributed by atoms with Gasteiger partial charge in [0.25, 0.3) is 5.91 Å². The summed E-state index contributed by atoms with van der Waals surface area (Å²) in [6.07, 6.45) is 5.40. The first-order valence-corrected chi connectivity index (χ1v) is 5.91. The number of nitrogens with one attached hydrogen (secondary N) is 2. The van der Waals surface area contributed by atoms with Crippen molar-refractivity contribution in [2.45, 2.75) is 26.3 Å². The highest BCUT2D eigenvalue weighted by atomic mass is 16.1. The number of carbonyl (C=O) groups is 1. The highest BCUT2D eigenvalue weighted by molar-refractivity contribution is 5.91. The molecule has 1 amide bonds. The van der Waals surface area contributed by atoms with E-state index in [1.54, 1.807) is 24.1 Å². The first-order chi connectivity index (χ1) is 8.63. The molecule has 0 saturated heterocycles. The van der Waals surface area contributed by atoms with Crippen molar-refractivity contribution < 1.29 is 4.79 Å². The van der Waals surface area contributed by atoms with E-state index in [1.165, 1.54) is 0 Å². The number of nitrogens with two attached hydrogens (primary N) is 1. The zero-order chi connectivity index (χ0) is 13.4. The third kappa shape index (κ3) is 4.86. The van der Waals surface area contributed by atoms with Crippen LogP contribution in [0.25, 0.3) is 0 Å². The van der Waals surface area contributed by atoms with Crippen molar-refractivity contribution in [3.8, 4) is 0 Å². The maximum absolute atomic E-state index is 11.3. The molecule has 18 heavy (non-hydrogen) atoms. The van der Waals surface area contributed by atoms with Crippen molar-refractivity contribution in [3.63, 3.8) is 0 Å². The summed E-state index contributed by atoms with van der Waals surface area (Å²) in [5, 5.41) is 13.3. The Balaban J connectivity index is 2.21. The second-order valence-electron chi connectivity index (χ2n) is 4.00. The van der Waals surface area contributed by atoms with Crippen LogP contribution in [0.15, 0.2) is 18.1 Å². The molecule has 0 aliphatic heterocycles. The molecule has 0 saturated carbocycles. The Bertz CT molecular complexity index is 407. The molecule has 0 aromatic carbocycles. The number of hydrogen-bond donors (Lipinski definition) is 3. The van der Waals surface area contributed by atoms with Crippen LogP contribution < -0.4 is 16.4 Å². The lowest BCUT2D eigenvalue weighted by atomic mass is 10.3. The molecule has 0 aliphatic rings. The number of aryl methyl sites for hydroxylation is 1. The second-order valence-corrected chi connectivity index (χ2v) is 4.00. The van der Waals surface area contributed by atoms with E-state index in [9.17, 15) is 4.79 Å². The number of amides is 1. The minimum absolute atomic E-state index is 0.216. The standard InChI is InChI=1S/C11H20N6O/c1-9(12)7-14-5-3-4-6-17-8-10(15-16-17)11(18)13-2/h7-8,14H,3-6,12H2,1-2H3,(H,13,18)/b9-7-. The van der Waals surface area contributed by atoms with Crippen molar-refractivity contribution >= 4 is 5.91 Å². The number of nitrogens with zero attached hydrogens (tertiary/aromatic N) is 3. The molecule has 0 fully saturated rings. The summed E-state index contributed by atoms with van der Waals surface area (Å²) in [5.41, 5.74) is 6.59. The number of unbranched alkanes of at least 4 members (excludes halogenated alkanes) is 1. The molecule has 0 atom stereocenters. The van der Waals surface area contributed by atoms with Crippen molar-refractivity contribution in [3.05, 3.63) is 23.8 Å². The number of aromatic nitrogens is 3. The van der Waals surface area contributed by atoms with E-state index in [1.807, 2.05) is 6.92 Å². The fourth-order valence-corrected chi connectivity index (χ4v) is 1.37. The topological polar surface area (TPSA) is 97.9 Å². The Labute approximate surface area is 106 Å². The fraction of sp³-hybridized carbons (Fsp3) is 0.545. The van der Waals surface area contributed by atoms with E-state index < -0.39 is 0 Å². The van der Waals surface area contributed by atoms with E-state index in [-0.39, 0.29) is 5.91 Å². The van der Waals surface area contributed by atoms with Crippen LogP contribution in [0.4, 0.5) is 0 Å². The highest BCUT2D eigenvalue weighted by Crippen LogP contribution is 1.96. The van der Waals surface area contributed by atoms with Gasteiger partial charge >= 0.3 is 0 Å². The molecule has 4 N–H and O–H groups in total. The van der Waals surface area contributed by atoms with Crippen LogP contribution >= 0.6 is 0 Å². The summed E-state index contributed by atoms with van der Waals surface area (Å²) in [5.74, 6) is -0.216. The molecule has 0 radical (unpaired) electrons. The van der Waals surface area contributed by atoms with Gasteiger partial charge in [-0.2, -0.15) is 0 Å². The maximum atomic E-state index is 11.3. The average Bonchev–Trinajstić information content (AvgIpc) is 2.81. The number of rotatable bonds is 7. The SMILES string of the molecule is CNC(=O)c1cn(CCCCN/C=C(/C)N)nn1. The van der Waals surface area contributed by atoms with Gasteiger partial charge < -0.3 is 16.4 Å². The predicted molar refractivity (Wildman–Crippen MR) is 68.6 cm³/mol. The largest absolute Gasteiger partial charge is 0.401 e. The van der Waals surface area contributed by atoms with Gasteiger partial charge in [0.1, 0.15) is 0 Å². The predicted octanol–water partition coefficient (Wildman–Crippen LogP) is -0.172. The van der Waals surface area contributed by atoms with E-state index >= 15 is 0 Å². The second kappa shape index (κ2) is 7.31. The molecule has 1 aromatic rings. The summed E-state index contributed by atoms with van der Waals surface area (Å²) >= 11 is 0. The smallest absolute Gasteiger partial charge is 0.273 e. The van der Waals surface area contributed by atoms with E-state index in [0.717, 1.165) is 31.6 Å². The molecule has 1 heterocycles. The highest BCUT2D eigenvalue weighted by Gasteiger charge is 2.07. The number of carbonyl (C=O) groups excluding carboxylic acids is 1. The van der Waals surface area contributed by atoms with E-state index in [2.05, 4.69) is 20.9 Å². The Morgan fingerprint density at radius 1 is 1.56 bits per heavy atom. The molecule has 1 aromatic heterocycles. The molecular weight excluding hydrogens is 232 g/mol. The molecule has 100 valence electrons. The van der Waals surface area contributed by atoms with Crippen LogP contribution in [0.5, 0.6) is 0 Å². The summed E-state index contributed by atoms with van der Waals surface area (Å²) in [4.78, 5) is 11.3. The Morgan fingerprint density at radius 2 is 2.33 bits per heavy atom. The van der Waals surface area contributed by atoms with Crippen molar-refractivity contribution in [2.75, 3.05) is 13.6 Å². The van der Waals surface area contributed by atoms with Gasteiger partial charge in [-0.1, -0.05) is 5.21 Å². The van der Waals surface area contributed by atoms with Gasteiger partial charge in [-0.25, -0.2) is 0 Å². The first kappa shape index (κ1) is 14.0. The average molecular weight is 252 g/mol. The van der Waals surface area contributed by atoms with Crippen LogP contribution in [0.2, 0.25) is 0 Å². The zero-order valence-corrected chi connectivity index (χ0v) is 10.8. The molecule has 0 spiro atoms. The van der Waals surface area contributed by atoms with Gasteiger partial charge in [0.05, 0.1) is 6.20 Å². The molecule has 0 bridgehead atoms. The van der Waals surface area contributed by atoms with Gasteiger partial charge in [-0.05, 0) is 19.8 Å². The summed E-state index contributed by atoms with van der Waals surface area (Å²) < 4.78 is 1.68. The lowest BCUT2D eigenvalue weighted by molar-refractivity contribution is 0.0958. The van der Waals surface area contributed by atoms with Crippen molar-refractivity contribution in [1.29, 1.82) is 0 Å². The van der Waals surface area contributed by atoms with Crippen LogP contribution in [-0.2, 0) is 6.54 Å². The molecule has 7 nitrogen and oxygen atoms in total. The van der Waals surface area contributed by atoms with E-state index in [0.29, 0.717) is 5.69 Å². The number of hydrogen-bond acceptors (Lipinski definition) is 5. The van der Waals surface area contributed by atoms with Crippen LogP contribution in [0.3, 0.4) is 0 Å². The first-order valence-electron chi connectivity index (χ1n) is 5.91. The normalized spacial score (nSPS) is 11.3. The van der Waals surface area contributed by atoms with Gasteiger partial charge in [-0.15, -0.1) is 5.10 Å². The van der Waals surface area contributed by atoms with Gasteiger partial charge in [0, 0.05) is 32.0 Å². The monoisotopic (exact) mass is 252 g/mol. The van der Waals surface area contributed by atoms with Gasteiger partial charge in [0.15, 0.2) is 5.69 Å². The lowest BCUT2D eigenvalue weighted by Gasteiger charge is -2.02. The molecule has 7 heteroatoms. The lowest BCUT2D eigenvalue weighted by Crippen LogP contribution is -2.18. The van der Waals surface area contributed by atoms with Crippen LogP contribution in [0.1, 0.15) is 30.3 Å². The Hall–Kier alpha value is -2.05. The maximum Gasteiger partial charge on any atom is 0.273 e. The van der Waals surface area contributed by atoms with Crippen LogP contribution in [-0.4, -0.2) is 34.5 Å². The minimum atomic E-state index is -0.216. The minimum Gasteiger partial charge on any atom is -0.401 e. The van der Waals surface area contributed by atoms with Gasteiger partial charge in [-0.3, -0.25) is 9.48 Å². The van der Waals surface area contributed by atoms with Crippen LogP contribution in [0, 0.1) is 0 Å². The molecule has 1 rings (SSSR count). The van der Waals surface area contributed by atoms with E-state index in [4.69, 9.17) is 5.73 Å².